The molecule has 1 amide bonds. The number of benzene rings is 3. The Bertz CT molecular complexity index is 969. The Morgan fingerprint density at radius 3 is 2.21 bits per heavy atom. The fourth-order valence-electron chi connectivity index (χ4n) is 2.79. The number of carbonyl (C=O) groups excluding carboxylic acids is 2. The molecule has 3 aromatic rings. The summed E-state index contributed by atoms with van der Waals surface area (Å²) in [4.78, 5) is 25.1. The minimum atomic E-state index is -0.932. The number of esters is 1. The van der Waals surface area contributed by atoms with Crippen molar-refractivity contribution >= 4 is 28.9 Å². The maximum Gasteiger partial charge on any atom is 0.341 e. The van der Waals surface area contributed by atoms with E-state index in [9.17, 15) is 9.59 Å². The van der Waals surface area contributed by atoms with E-state index in [1.807, 2.05) is 60.7 Å². The molecule has 3 rings (SSSR count). The summed E-state index contributed by atoms with van der Waals surface area (Å²) in [5, 5.41) is 5.98. The highest BCUT2D eigenvalue weighted by molar-refractivity contribution is 6.00. The highest BCUT2D eigenvalue weighted by atomic mass is 16.5. The molecule has 3 aromatic carbocycles. The van der Waals surface area contributed by atoms with Crippen LogP contribution in [0.3, 0.4) is 0 Å². The smallest absolute Gasteiger partial charge is 0.341 e. The van der Waals surface area contributed by atoms with Gasteiger partial charge in [0.05, 0.1) is 11.3 Å². The Labute approximate surface area is 170 Å². The van der Waals surface area contributed by atoms with Gasteiger partial charge >= 0.3 is 5.97 Å². The molecule has 0 aliphatic rings. The third-order valence-electron chi connectivity index (χ3n) is 4.48. The van der Waals surface area contributed by atoms with Crippen LogP contribution in [0.15, 0.2) is 78.9 Å². The third-order valence-corrected chi connectivity index (χ3v) is 4.48. The predicted octanol–water partition coefficient (Wildman–Crippen LogP) is 5.18. The third kappa shape index (κ3) is 5.45. The van der Waals surface area contributed by atoms with Crippen LogP contribution in [0.25, 0.3) is 0 Å². The molecule has 1 atom stereocenters. The number of hydrogen-bond donors (Lipinski definition) is 2. The molecule has 148 valence electrons. The lowest BCUT2D eigenvalue weighted by Gasteiger charge is -2.16. The minimum absolute atomic E-state index is 0.364. The number of para-hydroxylation sites is 2. The Morgan fingerprint density at radius 2 is 1.52 bits per heavy atom. The van der Waals surface area contributed by atoms with E-state index in [2.05, 4.69) is 17.6 Å². The number of aryl methyl sites for hydroxylation is 1. The summed E-state index contributed by atoms with van der Waals surface area (Å²) in [7, 11) is 0. The van der Waals surface area contributed by atoms with E-state index < -0.39 is 12.1 Å². The first kappa shape index (κ1) is 20.1. The summed E-state index contributed by atoms with van der Waals surface area (Å²) in [5.41, 5.74) is 3.69. The molecule has 0 saturated carbocycles. The van der Waals surface area contributed by atoms with Crippen LogP contribution in [0.4, 0.5) is 17.1 Å². The van der Waals surface area contributed by atoms with E-state index in [4.69, 9.17) is 4.74 Å². The summed E-state index contributed by atoms with van der Waals surface area (Å²) >= 11 is 0. The van der Waals surface area contributed by atoms with Crippen LogP contribution in [0.2, 0.25) is 0 Å². The quantitative estimate of drug-likeness (QED) is 0.548. The van der Waals surface area contributed by atoms with Gasteiger partial charge in [-0.3, -0.25) is 4.79 Å². The van der Waals surface area contributed by atoms with Crippen molar-refractivity contribution in [2.75, 3.05) is 10.6 Å². The van der Waals surface area contributed by atoms with Crippen molar-refractivity contribution in [3.63, 3.8) is 0 Å². The highest BCUT2D eigenvalue weighted by Crippen LogP contribution is 2.22. The fourth-order valence-corrected chi connectivity index (χ4v) is 2.79. The Balaban J connectivity index is 1.65. The lowest BCUT2D eigenvalue weighted by molar-refractivity contribution is -0.123. The maximum atomic E-state index is 12.7. The summed E-state index contributed by atoms with van der Waals surface area (Å²) in [6.07, 6.45) is -0.00305. The van der Waals surface area contributed by atoms with Crippen molar-refractivity contribution in [2.24, 2.45) is 0 Å². The van der Waals surface area contributed by atoms with Gasteiger partial charge in [0.1, 0.15) is 0 Å². The van der Waals surface area contributed by atoms with Gasteiger partial charge in [-0.2, -0.15) is 0 Å². The summed E-state index contributed by atoms with van der Waals surface area (Å²) in [6, 6.07) is 24.2. The van der Waals surface area contributed by atoms with Gasteiger partial charge in [-0.15, -0.1) is 0 Å². The van der Waals surface area contributed by atoms with Crippen LogP contribution in [0, 0.1) is 0 Å². The van der Waals surface area contributed by atoms with Crippen LogP contribution in [0.1, 0.15) is 29.8 Å². The molecule has 5 heteroatoms. The van der Waals surface area contributed by atoms with Gasteiger partial charge in [0.2, 0.25) is 0 Å². The van der Waals surface area contributed by atoms with E-state index in [-0.39, 0.29) is 5.91 Å². The molecule has 0 fully saturated rings. The zero-order valence-electron chi connectivity index (χ0n) is 16.5. The van der Waals surface area contributed by atoms with Gasteiger partial charge in [0, 0.05) is 11.4 Å². The van der Waals surface area contributed by atoms with Crippen LogP contribution < -0.4 is 10.6 Å². The number of amides is 1. The second-order valence-electron chi connectivity index (χ2n) is 6.62. The molecule has 0 aliphatic carbocycles. The van der Waals surface area contributed by atoms with Crippen molar-refractivity contribution in [3.8, 4) is 0 Å². The molecule has 0 unspecified atom stereocenters. The number of nitrogens with one attached hydrogen (secondary N) is 2. The normalized spacial score (nSPS) is 11.4. The van der Waals surface area contributed by atoms with Crippen LogP contribution in [0.5, 0.6) is 0 Å². The molecule has 29 heavy (non-hydrogen) atoms. The Hall–Kier alpha value is -3.60. The lowest BCUT2D eigenvalue weighted by Crippen LogP contribution is -2.30. The van der Waals surface area contributed by atoms with Gasteiger partial charge in [-0.05, 0) is 55.3 Å². The zero-order chi connectivity index (χ0) is 20.6. The van der Waals surface area contributed by atoms with E-state index in [1.165, 1.54) is 5.56 Å². The average Bonchev–Trinajstić information content (AvgIpc) is 2.75. The molecule has 2 N–H and O–H groups in total. The molecule has 0 radical (unpaired) electrons. The zero-order valence-corrected chi connectivity index (χ0v) is 16.5. The van der Waals surface area contributed by atoms with E-state index in [1.54, 1.807) is 25.1 Å². The summed E-state index contributed by atoms with van der Waals surface area (Å²) in [6.45, 7) is 3.63. The second-order valence-corrected chi connectivity index (χ2v) is 6.62. The predicted molar refractivity (Wildman–Crippen MR) is 115 cm³/mol. The molecular weight excluding hydrogens is 364 g/mol. The Kier molecular flexibility index (Phi) is 6.63. The largest absolute Gasteiger partial charge is 0.449 e. The monoisotopic (exact) mass is 388 g/mol. The lowest BCUT2D eigenvalue weighted by atomic mass is 10.1. The molecular formula is C24H24N2O3. The number of anilines is 3. The summed E-state index contributed by atoms with van der Waals surface area (Å²) in [5.74, 6) is -0.941. The Morgan fingerprint density at radius 1 is 0.862 bits per heavy atom. The summed E-state index contributed by atoms with van der Waals surface area (Å²) < 4.78 is 5.40. The standard InChI is InChI=1S/C24H24N2O3/c1-3-18-13-15-20(16-14-18)26-23(27)17(2)29-24(28)21-11-7-8-12-22(21)25-19-9-5-4-6-10-19/h4-17,25H,3H2,1-2H3,(H,26,27)/t17-/m0/s1. The number of carbonyl (C=O) groups is 2. The van der Waals surface area contributed by atoms with E-state index >= 15 is 0 Å². The van der Waals surface area contributed by atoms with Crippen LogP contribution >= 0.6 is 0 Å². The van der Waals surface area contributed by atoms with Gasteiger partial charge in [-0.25, -0.2) is 4.79 Å². The molecule has 0 aliphatic heterocycles. The molecule has 0 heterocycles. The van der Waals surface area contributed by atoms with Gasteiger partial charge < -0.3 is 15.4 Å². The van der Waals surface area contributed by atoms with E-state index in [0.29, 0.717) is 16.9 Å². The second kappa shape index (κ2) is 9.55. The van der Waals surface area contributed by atoms with Gasteiger partial charge in [-0.1, -0.05) is 49.4 Å². The first-order valence-corrected chi connectivity index (χ1v) is 9.58. The number of rotatable bonds is 7. The first-order chi connectivity index (χ1) is 14.1. The molecule has 0 bridgehead atoms. The van der Waals surface area contributed by atoms with Crippen molar-refractivity contribution in [3.05, 3.63) is 90.0 Å². The molecule has 0 saturated heterocycles. The molecule has 0 aromatic heterocycles. The van der Waals surface area contributed by atoms with Crippen molar-refractivity contribution < 1.29 is 14.3 Å². The number of ether oxygens (including phenoxy) is 1. The van der Waals surface area contributed by atoms with Crippen LogP contribution in [-0.2, 0) is 16.0 Å². The first-order valence-electron chi connectivity index (χ1n) is 9.58. The van der Waals surface area contributed by atoms with Crippen molar-refractivity contribution in [1.29, 1.82) is 0 Å². The van der Waals surface area contributed by atoms with Crippen LogP contribution in [-0.4, -0.2) is 18.0 Å². The highest BCUT2D eigenvalue weighted by Gasteiger charge is 2.21. The molecule has 5 nitrogen and oxygen atoms in total. The number of hydrogen-bond acceptors (Lipinski definition) is 4. The van der Waals surface area contributed by atoms with Crippen molar-refractivity contribution in [1.82, 2.24) is 0 Å². The average molecular weight is 388 g/mol. The maximum absolute atomic E-state index is 12.7. The van der Waals surface area contributed by atoms with Gasteiger partial charge in [0.25, 0.3) is 5.91 Å². The van der Waals surface area contributed by atoms with Crippen molar-refractivity contribution in [2.45, 2.75) is 26.4 Å². The minimum Gasteiger partial charge on any atom is -0.449 e. The van der Waals surface area contributed by atoms with Gasteiger partial charge in [0.15, 0.2) is 6.10 Å². The molecule has 0 spiro atoms. The fraction of sp³-hybridized carbons (Fsp3) is 0.167. The van der Waals surface area contributed by atoms with E-state index in [0.717, 1.165) is 12.1 Å². The topological polar surface area (TPSA) is 67.4 Å². The SMILES string of the molecule is CCc1ccc(NC(=O)[C@H](C)OC(=O)c2ccccc2Nc2ccccc2)cc1.